The highest BCUT2D eigenvalue weighted by Crippen LogP contribution is 2.36. The molecule has 0 bridgehead atoms. The van der Waals surface area contributed by atoms with E-state index in [1.807, 2.05) is 29.6 Å². The van der Waals surface area contributed by atoms with Crippen LogP contribution in [-0.2, 0) is 9.53 Å². The van der Waals surface area contributed by atoms with Crippen LogP contribution in [0.15, 0.2) is 44.9 Å². The average Bonchev–Trinajstić information content (AvgIpc) is 3.46. The van der Waals surface area contributed by atoms with Gasteiger partial charge in [-0.25, -0.2) is 0 Å². The molecule has 3 aromatic rings. The highest BCUT2D eigenvalue weighted by Gasteiger charge is 2.24. The molecule has 0 amide bonds. The first kappa shape index (κ1) is 21.1. The Balaban J connectivity index is 1.59. The van der Waals surface area contributed by atoms with Gasteiger partial charge in [-0.15, -0.1) is 11.3 Å². The molecule has 30 heavy (non-hydrogen) atoms. The van der Waals surface area contributed by atoms with Crippen molar-refractivity contribution >= 4 is 62.6 Å². The van der Waals surface area contributed by atoms with Crippen LogP contribution in [0.4, 0.5) is 5.69 Å². The molecule has 2 aromatic heterocycles. The number of hydrogen-bond acceptors (Lipinski definition) is 8. The minimum Gasteiger partial charge on any atom is -0.491 e. The van der Waals surface area contributed by atoms with Gasteiger partial charge in [-0.05, 0) is 35.5 Å². The van der Waals surface area contributed by atoms with E-state index in [-0.39, 0.29) is 11.7 Å². The van der Waals surface area contributed by atoms with Crippen molar-refractivity contribution in [1.29, 1.82) is 0 Å². The van der Waals surface area contributed by atoms with Crippen LogP contribution in [-0.4, -0.2) is 53.2 Å². The Morgan fingerprint density at radius 3 is 3.07 bits per heavy atom. The van der Waals surface area contributed by atoms with E-state index in [1.54, 1.807) is 30.4 Å². The van der Waals surface area contributed by atoms with Gasteiger partial charge in [0.2, 0.25) is 0 Å². The fraction of sp³-hybridized carbons (Fsp3) is 0.300. The number of thiophene rings is 1. The van der Waals surface area contributed by atoms with Crippen molar-refractivity contribution in [3.8, 4) is 5.75 Å². The van der Waals surface area contributed by atoms with Crippen LogP contribution in [0, 0.1) is 0 Å². The molecule has 0 saturated heterocycles. The minimum absolute atomic E-state index is 0.0242. The number of anilines is 1. The van der Waals surface area contributed by atoms with E-state index in [1.165, 1.54) is 11.8 Å². The summed E-state index contributed by atoms with van der Waals surface area (Å²) >= 11 is 4.73. The quantitative estimate of drug-likeness (QED) is 0.296. The van der Waals surface area contributed by atoms with Crippen LogP contribution in [0.3, 0.4) is 0 Å². The smallest absolute Gasteiger partial charge is 0.304 e. The van der Waals surface area contributed by atoms with Crippen LogP contribution < -0.4 is 9.46 Å². The number of nitrogens with zero attached hydrogens (tertiary/aromatic N) is 1. The Bertz CT molecular complexity index is 1050. The molecule has 1 unspecified atom stereocenters. The highest BCUT2D eigenvalue weighted by atomic mass is 32.2. The van der Waals surface area contributed by atoms with E-state index in [4.69, 9.17) is 14.6 Å². The Morgan fingerprint density at radius 1 is 1.40 bits per heavy atom. The second kappa shape index (κ2) is 9.78. The summed E-state index contributed by atoms with van der Waals surface area (Å²) in [5.74, 6) is -0.0420. The van der Waals surface area contributed by atoms with Gasteiger partial charge in [0.15, 0.2) is 0 Å². The third-order valence-corrected chi connectivity index (χ3v) is 7.45. The maximum atomic E-state index is 11.0. The summed E-state index contributed by atoms with van der Waals surface area (Å²) in [4.78, 5) is 19.0. The Kier molecular flexibility index (Phi) is 6.88. The number of carboxylic acids is 1. The molecule has 7 nitrogen and oxygen atoms in total. The molecule has 3 N–H and O–H groups in total. The maximum absolute atomic E-state index is 11.0. The lowest BCUT2D eigenvalue weighted by atomic mass is 10.2. The van der Waals surface area contributed by atoms with Crippen molar-refractivity contribution < 1.29 is 19.4 Å². The van der Waals surface area contributed by atoms with Gasteiger partial charge in [0, 0.05) is 23.8 Å². The number of H-pyrrole nitrogens is 1. The molecule has 158 valence electrons. The molecule has 10 heteroatoms. The second-order valence-corrected chi connectivity index (χ2v) is 9.92. The van der Waals surface area contributed by atoms with E-state index in [0.29, 0.717) is 19.8 Å². The lowest BCUT2D eigenvalue weighted by Crippen LogP contribution is -2.10. The van der Waals surface area contributed by atoms with Crippen LogP contribution in [0.1, 0.15) is 12.1 Å². The van der Waals surface area contributed by atoms with Gasteiger partial charge in [-0.2, -0.15) is 0 Å². The number of aliphatic carboxylic acids is 1. The summed E-state index contributed by atoms with van der Waals surface area (Å²) in [7, 11) is 1.65. The lowest BCUT2D eigenvalue weighted by molar-refractivity contribution is -0.136. The average molecular weight is 464 g/mol. The predicted molar refractivity (Wildman–Crippen MR) is 125 cm³/mol. The number of aromatic nitrogens is 1. The third-order valence-electron chi connectivity index (χ3n) is 4.36. The van der Waals surface area contributed by atoms with Crippen LogP contribution in [0.2, 0.25) is 0 Å². The molecule has 1 aromatic carbocycles. The van der Waals surface area contributed by atoms with Crippen molar-refractivity contribution in [3.63, 3.8) is 0 Å². The van der Waals surface area contributed by atoms with Crippen molar-refractivity contribution in [2.45, 2.75) is 15.9 Å². The second-order valence-electron chi connectivity index (χ2n) is 6.58. The molecule has 0 saturated carbocycles. The molecule has 0 radical (unpaired) electrons. The largest absolute Gasteiger partial charge is 0.491 e. The number of aliphatic imine (C=N–C) groups is 1. The van der Waals surface area contributed by atoms with Gasteiger partial charge in [0.25, 0.3) is 0 Å². The number of benzene rings is 1. The zero-order valence-corrected chi connectivity index (χ0v) is 18.7. The number of rotatable bonds is 10. The molecule has 1 aliphatic heterocycles. The fourth-order valence-corrected chi connectivity index (χ4v) is 5.56. The van der Waals surface area contributed by atoms with Crippen LogP contribution >= 0.6 is 35.0 Å². The number of carboxylic acid groups (broad SMARTS) is 1. The predicted octanol–water partition coefficient (Wildman–Crippen LogP) is 4.71. The van der Waals surface area contributed by atoms with E-state index in [9.17, 15) is 4.79 Å². The van der Waals surface area contributed by atoms with E-state index < -0.39 is 5.97 Å². The molecule has 0 spiro atoms. The van der Waals surface area contributed by atoms with E-state index in [2.05, 4.69) is 20.8 Å². The normalized spacial score (nSPS) is 16.0. The summed E-state index contributed by atoms with van der Waals surface area (Å²) in [5, 5.41) is 12.9. The van der Waals surface area contributed by atoms with E-state index in [0.717, 1.165) is 37.3 Å². The topological polar surface area (TPSA) is 95.9 Å². The van der Waals surface area contributed by atoms with Gasteiger partial charge in [0.1, 0.15) is 17.4 Å². The number of methoxy groups -OCH3 is 1. The SMILES string of the molecule is COCCOc1cc(NSc2cccs2)c2[nH]c(C3=NCC(CC(=O)O)S3)cc2c1. The van der Waals surface area contributed by atoms with Crippen molar-refractivity contribution in [2.24, 2.45) is 4.99 Å². The molecule has 1 atom stereocenters. The molecule has 0 aliphatic carbocycles. The third kappa shape index (κ3) is 5.12. The van der Waals surface area contributed by atoms with Gasteiger partial charge in [-0.3, -0.25) is 9.79 Å². The van der Waals surface area contributed by atoms with Gasteiger partial charge in [0.05, 0.1) is 40.7 Å². The Hall–Kier alpha value is -2.14. The van der Waals surface area contributed by atoms with E-state index >= 15 is 0 Å². The van der Waals surface area contributed by atoms with Crippen LogP contribution in [0.25, 0.3) is 10.9 Å². The van der Waals surface area contributed by atoms with Crippen molar-refractivity contribution in [1.82, 2.24) is 4.98 Å². The van der Waals surface area contributed by atoms with Crippen molar-refractivity contribution in [3.05, 3.63) is 41.4 Å². The van der Waals surface area contributed by atoms with Crippen LogP contribution in [0.5, 0.6) is 5.75 Å². The Labute approximate surface area is 186 Å². The molecule has 0 fully saturated rings. The molecule has 3 heterocycles. The number of ether oxygens (including phenoxy) is 2. The monoisotopic (exact) mass is 463 g/mol. The molecule has 4 rings (SSSR count). The summed E-state index contributed by atoms with van der Waals surface area (Å²) in [6, 6.07) is 10.1. The number of fused-ring (bicyclic) bond motifs is 1. The number of carbonyl (C=O) groups is 1. The summed E-state index contributed by atoms with van der Waals surface area (Å²) in [6.45, 7) is 1.50. The standard InChI is InChI=1S/C20H21N3O4S3/c1-26-4-5-27-13-7-12-8-16(20-21-11-14(29-20)10-17(24)25)22-19(12)15(9-13)23-30-18-3-2-6-28-18/h2-3,6-9,14,22-23H,4-5,10-11H2,1H3,(H,24,25). The Morgan fingerprint density at radius 2 is 2.30 bits per heavy atom. The lowest BCUT2D eigenvalue weighted by Gasteiger charge is -2.10. The summed E-state index contributed by atoms with van der Waals surface area (Å²) < 4.78 is 15.5. The highest BCUT2D eigenvalue weighted by molar-refractivity contribution is 8.15. The first-order chi connectivity index (χ1) is 14.6. The minimum atomic E-state index is -0.796. The zero-order valence-electron chi connectivity index (χ0n) is 16.2. The van der Waals surface area contributed by atoms with Gasteiger partial charge < -0.3 is 24.3 Å². The first-order valence-electron chi connectivity index (χ1n) is 9.30. The number of aromatic amines is 1. The van der Waals surface area contributed by atoms with Gasteiger partial charge >= 0.3 is 5.97 Å². The fourth-order valence-electron chi connectivity index (χ4n) is 3.03. The van der Waals surface area contributed by atoms with Crippen molar-refractivity contribution in [2.75, 3.05) is 31.6 Å². The number of hydrogen-bond donors (Lipinski definition) is 3. The molecular formula is C20H21N3O4S3. The maximum Gasteiger partial charge on any atom is 0.304 e. The molecular weight excluding hydrogens is 442 g/mol. The van der Waals surface area contributed by atoms with Gasteiger partial charge in [-0.1, -0.05) is 17.8 Å². The zero-order chi connectivity index (χ0) is 20.9. The number of thioether (sulfide) groups is 1. The first-order valence-corrected chi connectivity index (χ1v) is 11.9. The summed E-state index contributed by atoms with van der Waals surface area (Å²) in [6.07, 6.45) is 0.111. The summed E-state index contributed by atoms with van der Waals surface area (Å²) in [5.41, 5.74) is 2.76. The molecule has 1 aliphatic rings. The number of nitrogens with one attached hydrogen (secondary N) is 2.